The van der Waals surface area contributed by atoms with Gasteiger partial charge in [-0.1, -0.05) is 224 Å². The molecule has 290 valence electrons. The summed E-state index contributed by atoms with van der Waals surface area (Å²) in [5.74, 6) is 0. The third-order valence-electron chi connectivity index (χ3n) is 12.3. The molecule has 0 amide bonds. The minimum atomic E-state index is 1.18. The molecule has 0 heteroatoms. The molecule has 11 aromatic carbocycles. The Labute approximate surface area is 363 Å². The van der Waals surface area contributed by atoms with Gasteiger partial charge in [-0.3, -0.25) is 0 Å². The van der Waals surface area contributed by atoms with E-state index in [-0.39, 0.29) is 0 Å². The Balaban J connectivity index is 1.11. The van der Waals surface area contributed by atoms with Crippen LogP contribution >= 0.6 is 0 Å². The van der Waals surface area contributed by atoms with Gasteiger partial charge >= 0.3 is 0 Å². The van der Waals surface area contributed by atoms with Gasteiger partial charge in [0.2, 0.25) is 0 Å². The molecule has 62 heavy (non-hydrogen) atoms. The summed E-state index contributed by atoms with van der Waals surface area (Å²) in [4.78, 5) is 0. The zero-order valence-corrected chi connectivity index (χ0v) is 34.2. The Hall–Kier alpha value is -8.06. The number of hydrogen-bond donors (Lipinski definition) is 0. The molecule has 0 aliphatic rings. The highest BCUT2D eigenvalue weighted by atomic mass is 14.2. The van der Waals surface area contributed by atoms with Crippen LogP contribution in [-0.2, 0) is 0 Å². The molecule has 0 atom stereocenters. The first kappa shape index (κ1) is 37.0. The molecule has 0 saturated heterocycles. The van der Waals surface area contributed by atoms with E-state index >= 15 is 0 Å². The van der Waals surface area contributed by atoms with Gasteiger partial charge in [-0.05, 0) is 141 Å². The van der Waals surface area contributed by atoms with Crippen LogP contribution in [0, 0.1) is 0 Å². The fourth-order valence-corrected chi connectivity index (χ4v) is 9.30. The van der Waals surface area contributed by atoms with Gasteiger partial charge in [0, 0.05) is 0 Å². The van der Waals surface area contributed by atoms with Crippen LogP contribution in [-0.4, -0.2) is 0 Å². The molecule has 0 aromatic heterocycles. The molecule has 0 radical (unpaired) electrons. The summed E-state index contributed by atoms with van der Waals surface area (Å²) in [5.41, 5.74) is 19.3. The largest absolute Gasteiger partial charge is 0.0622 e. The lowest BCUT2D eigenvalue weighted by atomic mass is 9.84. The Morgan fingerprint density at radius 2 is 0.435 bits per heavy atom. The zero-order valence-electron chi connectivity index (χ0n) is 34.2. The van der Waals surface area contributed by atoms with E-state index in [1.165, 1.54) is 111 Å². The van der Waals surface area contributed by atoms with E-state index in [0.29, 0.717) is 0 Å². The molecule has 11 rings (SSSR count). The Bertz CT molecular complexity index is 3320. The van der Waals surface area contributed by atoms with Gasteiger partial charge in [-0.15, -0.1) is 0 Å². The molecule has 0 nitrogen and oxygen atoms in total. The zero-order chi connectivity index (χ0) is 41.2. The van der Waals surface area contributed by atoms with Crippen LogP contribution in [0.3, 0.4) is 0 Å². The Morgan fingerprint density at radius 3 is 0.855 bits per heavy atom. The molecule has 0 aliphatic heterocycles. The van der Waals surface area contributed by atoms with E-state index in [4.69, 9.17) is 0 Å². The van der Waals surface area contributed by atoms with Gasteiger partial charge in [-0.2, -0.15) is 0 Å². The summed E-state index contributed by atoms with van der Waals surface area (Å²) in [5, 5.41) is 5.00. The predicted molar refractivity (Wildman–Crippen MR) is 265 cm³/mol. The SMILES string of the molecule is c1ccc(-c2cccc(-c3cccc(-c4ccc(-c5c6ccccc6c(-c6ccccc6)c6ccccc56)cc4-c4cccc(-c5cccc(-c6ccccc6)c5)c4)c3)c2)cc1. The quantitative estimate of drug-likeness (QED) is 0.135. The van der Waals surface area contributed by atoms with Gasteiger partial charge in [0.05, 0.1) is 0 Å². The third kappa shape index (κ3) is 6.98. The number of fused-ring (bicyclic) bond motifs is 2. The van der Waals surface area contributed by atoms with Crippen molar-refractivity contribution < 1.29 is 0 Å². The first-order valence-corrected chi connectivity index (χ1v) is 21.4. The molecule has 0 bridgehead atoms. The fraction of sp³-hybridized carbons (Fsp3) is 0. The Morgan fingerprint density at radius 1 is 0.145 bits per heavy atom. The van der Waals surface area contributed by atoms with E-state index < -0.39 is 0 Å². The van der Waals surface area contributed by atoms with Crippen molar-refractivity contribution >= 4 is 21.5 Å². The van der Waals surface area contributed by atoms with Crippen LogP contribution in [0.1, 0.15) is 0 Å². The lowest BCUT2D eigenvalue weighted by Crippen LogP contribution is -1.93. The molecule has 0 fully saturated rings. The van der Waals surface area contributed by atoms with Crippen molar-refractivity contribution in [1.82, 2.24) is 0 Å². The highest BCUT2D eigenvalue weighted by molar-refractivity contribution is 6.21. The van der Waals surface area contributed by atoms with Crippen molar-refractivity contribution in [3.05, 3.63) is 255 Å². The summed E-state index contributed by atoms with van der Waals surface area (Å²) in [6, 6.07) is 93.0. The summed E-state index contributed by atoms with van der Waals surface area (Å²) >= 11 is 0. The second-order valence-corrected chi connectivity index (χ2v) is 16.0. The average Bonchev–Trinajstić information content (AvgIpc) is 3.36. The molecule has 0 spiro atoms. The number of benzene rings is 11. The van der Waals surface area contributed by atoms with Gasteiger partial charge in [0.1, 0.15) is 0 Å². The topological polar surface area (TPSA) is 0 Å². The lowest BCUT2D eigenvalue weighted by molar-refractivity contribution is 1.55. The molecule has 0 N–H and O–H groups in total. The molecule has 0 saturated carbocycles. The van der Waals surface area contributed by atoms with Gasteiger partial charge in [-0.25, -0.2) is 0 Å². The van der Waals surface area contributed by atoms with Crippen molar-refractivity contribution in [3.8, 4) is 89.0 Å². The van der Waals surface area contributed by atoms with Crippen LogP contribution in [0.25, 0.3) is 111 Å². The maximum atomic E-state index is 2.44. The smallest absolute Gasteiger partial charge is 0.00261 e. The average molecular weight is 787 g/mol. The second-order valence-electron chi connectivity index (χ2n) is 16.0. The van der Waals surface area contributed by atoms with Crippen molar-refractivity contribution in [2.24, 2.45) is 0 Å². The minimum absolute atomic E-state index is 1.18. The lowest BCUT2D eigenvalue weighted by Gasteiger charge is -2.20. The molecular weight excluding hydrogens is 745 g/mol. The molecule has 0 unspecified atom stereocenters. The summed E-state index contributed by atoms with van der Waals surface area (Å²) in [7, 11) is 0. The molecule has 11 aromatic rings. The molecule has 0 heterocycles. The van der Waals surface area contributed by atoms with Gasteiger partial charge in [0.25, 0.3) is 0 Å². The second kappa shape index (κ2) is 16.2. The van der Waals surface area contributed by atoms with Crippen molar-refractivity contribution in [1.29, 1.82) is 0 Å². The summed E-state index contributed by atoms with van der Waals surface area (Å²) in [6.45, 7) is 0. The van der Waals surface area contributed by atoms with E-state index in [1.54, 1.807) is 0 Å². The number of rotatable bonds is 8. The first-order chi connectivity index (χ1) is 30.7. The highest BCUT2D eigenvalue weighted by Gasteiger charge is 2.19. The molecule has 0 aliphatic carbocycles. The van der Waals surface area contributed by atoms with Crippen LogP contribution in [0.4, 0.5) is 0 Å². The number of hydrogen-bond acceptors (Lipinski definition) is 0. The van der Waals surface area contributed by atoms with E-state index in [2.05, 4.69) is 255 Å². The molecular formula is C62H42. The first-order valence-electron chi connectivity index (χ1n) is 21.4. The van der Waals surface area contributed by atoms with Crippen LogP contribution in [0.2, 0.25) is 0 Å². The van der Waals surface area contributed by atoms with Gasteiger partial charge in [0.15, 0.2) is 0 Å². The third-order valence-corrected chi connectivity index (χ3v) is 12.3. The maximum absolute atomic E-state index is 2.44. The summed E-state index contributed by atoms with van der Waals surface area (Å²) in [6.07, 6.45) is 0. The van der Waals surface area contributed by atoms with E-state index in [0.717, 1.165) is 0 Å². The standard InChI is InChI=1S/C62H42/c1-4-18-43(19-5-1)46-24-14-26-48(38-46)50-28-16-30-52(40-50)55-37-36-54(42-60(55)53-31-17-29-51(41-53)49-27-15-25-47(39-49)44-20-6-2-7-21-44)62-58-34-12-10-32-56(58)61(45-22-8-3-9-23-45)57-33-11-13-35-59(57)62/h1-42H. The Kier molecular flexibility index (Phi) is 9.65. The maximum Gasteiger partial charge on any atom is -0.00261 e. The van der Waals surface area contributed by atoms with Crippen LogP contribution < -0.4 is 0 Å². The highest BCUT2D eigenvalue weighted by Crippen LogP contribution is 2.46. The van der Waals surface area contributed by atoms with Crippen LogP contribution in [0.5, 0.6) is 0 Å². The monoisotopic (exact) mass is 786 g/mol. The normalized spacial score (nSPS) is 11.2. The van der Waals surface area contributed by atoms with Crippen molar-refractivity contribution in [2.45, 2.75) is 0 Å². The van der Waals surface area contributed by atoms with E-state index in [1.807, 2.05) is 0 Å². The fourth-order valence-electron chi connectivity index (χ4n) is 9.30. The predicted octanol–water partition coefficient (Wildman–Crippen LogP) is 17.3. The summed E-state index contributed by atoms with van der Waals surface area (Å²) < 4.78 is 0. The van der Waals surface area contributed by atoms with Crippen molar-refractivity contribution in [3.63, 3.8) is 0 Å². The van der Waals surface area contributed by atoms with Gasteiger partial charge < -0.3 is 0 Å². The van der Waals surface area contributed by atoms with Crippen LogP contribution in [0.15, 0.2) is 255 Å². The van der Waals surface area contributed by atoms with Crippen molar-refractivity contribution in [2.75, 3.05) is 0 Å². The minimum Gasteiger partial charge on any atom is -0.0622 e. The van der Waals surface area contributed by atoms with E-state index in [9.17, 15) is 0 Å².